The maximum Gasteiger partial charge on any atom is 0.239 e. The summed E-state index contributed by atoms with van der Waals surface area (Å²) in [6.45, 7) is 4.14. The Morgan fingerprint density at radius 2 is 1.64 bits per heavy atom. The second-order valence-corrected chi connectivity index (χ2v) is 6.49. The number of rotatable bonds is 2. The van der Waals surface area contributed by atoms with Gasteiger partial charge in [-0.3, -0.25) is 14.4 Å². The predicted molar refractivity (Wildman–Crippen MR) is 90.3 cm³/mol. The Hall–Kier alpha value is -2.44. The molecule has 6 nitrogen and oxygen atoms in total. The number of hydrogen-bond donors (Lipinski definition) is 0. The van der Waals surface area contributed by atoms with Crippen LogP contribution < -0.4 is 4.90 Å². The lowest BCUT2D eigenvalue weighted by molar-refractivity contribution is -0.140. The smallest absolute Gasteiger partial charge is 0.239 e. The maximum atomic E-state index is 13.1. The van der Waals surface area contributed by atoms with E-state index in [0.717, 1.165) is 0 Å². The van der Waals surface area contributed by atoms with Crippen molar-refractivity contribution in [3.63, 3.8) is 0 Å². The first-order valence-corrected chi connectivity index (χ1v) is 8.58. The molecule has 7 heteroatoms. The van der Waals surface area contributed by atoms with Crippen LogP contribution in [0.1, 0.15) is 19.8 Å². The number of nitrogens with zero attached hydrogens (tertiary/aromatic N) is 3. The lowest BCUT2D eigenvalue weighted by Gasteiger charge is -2.24. The standard InChI is InChI=1S/C18H22FN3O3/c1-13(23)20-8-2-9-21(12-11-20)17(24)16-7-10-22(18(16)25)15-5-3-14(19)4-6-15/h3-6,16H,2,7-12H2,1H3/t16-/m0/s1. The van der Waals surface area contributed by atoms with Gasteiger partial charge < -0.3 is 14.7 Å². The Bertz CT molecular complexity index is 677. The Kier molecular flexibility index (Phi) is 5.01. The van der Waals surface area contributed by atoms with Gasteiger partial charge in [0.1, 0.15) is 11.7 Å². The van der Waals surface area contributed by atoms with E-state index in [1.165, 1.54) is 19.1 Å². The number of hydrogen-bond acceptors (Lipinski definition) is 3. The highest BCUT2D eigenvalue weighted by Gasteiger charge is 2.40. The van der Waals surface area contributed by atoms with Crippen molar-refractivity contribution >= 4 is 23.4 Å². The summed E-state index contributed by atoms with van der Waals surface area (Å²) in [5.41, 5.74) is 0.611. The minimum Gasteiger partial charge on any atom is -0.341 e. The van der Waals surface area contributed by atoms with Gasteiger partial charge in [0.25, 0.3) is 0 Å². The third-order valence-electron chi connectivity index (χ3n) is 4.89. The molecular weight excluding hydrogens is 325 g/mol. The molecular formula is C18H22FN3O3. The van der Waals surface area contributed by atoms with Crippen LogP contribution in [0.3, 0.4) is 0 Å². The molecule has 0 spiro atoms. The van der Waals surface area contributed by atoms with Crippen molar-refractivity contribution in [2.24, 2.45) is 5.92 Å². The van der Waals surface area contributed by atoms with Crippen molar-refractivity contribution in [2.45, 2.75) is 19.8 Å². The van der Waals surface area contributed by atoms with E-state index in [1.807, 2.05) is 0 Å². The van der Waals surface area contributed by atoms with Gasteiger partial charge >= 0.3 is 0 Å². The summed E-state index contributed by atoms with van der Waals surface area (Å²) in [5.74, 6) is -1.44. The number of amides is 3. The molecule has 0 radical (unpaired) electrons. The molecule has 0 unspecified atom stereocenters. The summed E-state index contributed by atoms with van der Waals surface area (Å²) in [4.78, 5) is 41.9. The molecule has 2 saturated heterocycles. The van der Waals surface area contributed by atoms with Crippen molar-refractivity contribution in [3.05, 3.63) is 30.1 Å². The minimum absolute atomic E-state index is 0.00808. The molecule has 3 rings (SSSR count). The van der Waals surface area contributed by atoms with Gasteiger partial charge in [-0.1, -0.05) is 0 Å². The van der Waals surface area contributed by atoms with E-state index in [-0.39, 0.29) is 23.5 Å². The SMILES string of the molecule is CC(=O)N1CCCN(C(=O)[C@@H]2CCN(c3ccc(F)cc3)C2=O)CC1. The number of halogens is 1. The van der Waals surface area contributed by atoms with Crippen LogP contribution in [-0.4, -0.2) is 60.2 Å². The van der Waals surface area contributed by atoms with E-state index >= 15 is 0 Å². The Balaban J connectivity index is 1.66. The molecule has 0 N–H and O–H groups in total. The topological polar surface area (TPSA) is 60.9 Å². The highest BCUT2D eigenvalue weighted by atomic mass is 19.1. The average molecular weight is 347 g/mol. The first-order chi connectivity index (χ1) is 12.0. The lowest BCUT2D eigenvalue weighted by Crippen LogP contribution is -2.42. The zero-order valence-electron chi connectivity index (χ0n) is 14.3. The van der Waals surface area contributed by atoms with Gasteiger partial charge in [0.05, 0.1) is 0 Å². The Morgan fingerprint density at radius 3 is 2.32 bits per heavy atom. The molecule has 1 atom stereocenters. The maximum absolute atomic E-state index is 13.1. The first-order valence-electron chi connectivity index (χ1n) is 8.58. The molecule has 2 aliphatic heterocycles. The number of carbonyl (C=O) groups excluding carboxylic acids is 3. The third-order valence-corrected chi connectivity index (χ3v) is 4.89. The Labute approximate surface area is 146 Å². The molecule has 1 aromatic rings. The third kappa shape index (κ3) is 3.65. The van der Waals surface area contributed by atoms with Gasteiger partial charge in [0.15, 0.2) is 0 Å². The molecule has 0 aliphatic carbocycles. The summed E-state index contributed by atoms with van der Waals surface area (Å²) in [5, 5.41) is 0. The zero-order valence-corrected chi connectivity index (χ0v) is 14.3. The highest BCUT2D eigenvalue weighted by molar-refractivity contribution is 6.09. The second-order valence-electron chi connectivity index (χ2n) is 6.49. The first kappa shape index (κ1) is 17.4. The Morgan fingerprint density at radius 1 is 1.00 bits per heavy atom. The van der Waals surface area contributed by atoms with Gasteiger partial charge in [-0.2, -0.15) is 0 Å². The van der Waals surface area contributed by atoms with E-state index in [4.69, 9.17) is 0 Å². The van der Waals surface area contributed by atoms with Crippen LogP contribution in [-0.2, 0) is 14.4 Å². The molecule has 0 saturated carbocycles. The number of carbonyl (C=O) groups is 3. The van der Waals surface area contributed by atoms with Gasteiger partial charge in [-0.15, -0.1) is 0 Å². The molecule has 2 heterocycles. The van der Waals surface area contributed by atoms with Crippen LogP contribution in [0.5, 0.6) is 0 Å². The molecule has 1 aromatic carbocycles. The molecule has 3 amide bonds. The van der Waals surface area contributed by atoms with Crippen molar-refractivity contribution in [1.29, 1.82) is 0 Å². The molecule has 2 fully saturated rings. The van der Waals surface area contributed by atoms with Crippen molar-refractivity contribution in [1.82, 2.24) is 9.80 Å². The van der Waals surface area contributed by atoms with Crippen LogP contribution >= 0.6 is 0 Å². The average Bonchev–Trinajstić information content (AvgIpc) is 2.82. The van der Waals surface area contributed by atoms with Gasteiger partial charge in [-0.25, -0.2) is 4.39 Å². The number of benzene rings is 1. The van der Waals surface area contributed by atoms with Gasteiger partial charge in [-0.05, 0) is 37.1 Å². The monoisotopic (exact) mass is 347 g/mol. The van der Waals surface area contributed by atoms with Crippen LogP contribution in [0.15, 0.2) is 24.3 Å². The largest absolute Gasteiger partial charge is 0.341 e. The molecule has 0 bridgehead atoms. The predicted octanol–water partition coefficient (Wildman–Crippen LogP) is 1.26. The molecule has 134 valence electrons. The second kappa shape index (κ2) is 7.21. The van der Waals surface area contributed by atoms with Crippen LogP contribution in [0.2, 0.25) is 0 Å². The zero-order chi connectivity index (χ0) is 18.0. The van der Waals surface area contributed by atoms with Crippen molar-refractivity contribution in [2.75, 3.05) is 37.6 Å². The summed E-state index contributed by atoms with van der Waals surface area (Å²) in [6.07, 6.45) is 1.18. The van der Waals surface area contributed by atoms with Gasteiger partial charge in [0, 0.05) is 45.3 Å². The minimum atomic E-state index is -0.686. The fourth-order valence-corrected chi connectivity index (χ4v) is 3.46. The van der Waals surface area contributed by atoms with E-state index in [1.54, 1.807) is 26.8 Å². The van der Waals surface area contributed by atoms with E-state index in [0.29, 0.717) is 51.3 Å². The van der Waals surface area contributed by atoms with E-state index in [2.05, 4.69) is 0 Å². The van der Waals surface area contributed by atoms with E-state index in [9.17, 15) is 18.8 Å². The lowest BCUT2D eigenvalue weighted by atomic mass is 10.1. The fraction of sp³-hybridized carbons (Fsp3) is 0.500. The van der Waals surface area contributed by atoms with E-state index < -0.39 is 5.92 Å². The number of anilines is 1. The molecule has 2 aliphatic rings. The highest BCUT2D eigenvalue weighted by Crippen LogP contribution is 2.27. The summed E-state index contributed by atoms with van der Waals surface area (Å²) in [6, 6.07) is 5.72. The summed E-state index contributed by atoms with van der Waals surface area (Å²) in [7, 11) is 0. The van der Waals surface area contributed by atoms with Crippen LogP contribution in [0.4, 0.5) is 10.1 Å². The molecule has 0 aromatic heterocycles. The van der Waals surface area contributed by atoms with Crippen LogP contribution in [0, 0.1) is 11.7 Å². The quantitative estimate of drug-likeness (QED) is 0.757. The fourth-order valence-electron chi connectivity index (χ4n) is 3.46. The summed E-state index contributed by atoms with van der Waals surface area (Å²) < 4.78 is 13.1. The van der Waals surface area contributed by atoms with Crippen molar-refractivity contribution in [3.8, 4) is 0 Å². The summed E-state index contributed by atoms with van der Waals surface area (Å²) >= 11 is 0. The molecule has 25 heavy (non-hydrogen) atoms. The van der Waals surface area contributed by atoms with Gasteiger partial charge in [0.2, 0.25) is 17.7 Å². The van der Waals surface area contributed by atoms with Crippen molar-refractivity contribution < 1.29 is 18.8 Å². The normalized spacial score (nSPS) is 21.4. The van der Waals surface area contributed by atoms with Crippen LogP contribution in [0.25, 0.3) is 0 Å².